The van der Waals surface area contributed by atoms with Crippen LogP contribution in [0.25, 0.3) is 10.2 Å². The second-order valence-electron chi connectivity index (χ2n) is 7.09. The van der Waals surface area contributed by atoms with Crippen molar-refractivity contribution in [1.82, 2.24) is 9.97 Å². The molecule has 4 rings (SSSR count). The van der Waals surface area contributed by atoms with Gasteiger partial charge in [0.2, 0.25) is 0 Å². The number of hydrogen-bond donors (Lipinski definition) is 1. The van der Waals surface area contributed by atoms with E-state index in [0.717, 1.165) is 52.0 Å². The Hall–Kier alpha value is -2.58. The maximum Gasteiger partial charge on any atom is 0.145 e. The summed E-state index contributed by atoms with van der Waals surface area (Å²) in [4.78, 5) is 13.5. The second kappa shape index (κ2) is 9.06. The highest BCUT2D eigenvalue weighted by Crippen LogP contribution is 2.42. The molecule has 160 valence electrons. The molecular weight excluding hydrogens is 400 g/mol. The Balaban J connectivity index is 1.78. The highest BCUT2D eigenvalue weighted by atomic mass is 32.1. The summed E-state index contributed by atoms with van der Waals surface area (Å²) in [6.45, 7) is 12.5. The Morgan fingerprint density at radius 2 is 1.80 bits per heavy atom. The van der Waals surface area contributed by atoms with Crippen LogP contribution in [-0.2, 0) is 4.74 Å². The predicted molar refractivity (Wildman–Crippen MR) is 122 cm³/mol. The number of ether oxygens (including phenoxy) is 3. The number of rotatable bonds is 7. The van der Waals surface area contributed by atoms with E-state index < -0.39 is 0 Å². The first-order chi connectivity index (χ1) is 14.6. The van der Waals surface area contributed by atoms with Crippen molar-refractivity contribution in [3.63, 3.8) is 0 Å². The molecule has 0 radical (unpaired) electrons. The molecule has 0 amide bonds. The van der Waals surface area contributed by atoms with Crippen molar-refractivity contribution in [3.05, 3.63) is 28.9 Å². The SMILES string of the molecule is CCOc1cc(N2CCOCC2)c(OCC)cc1Nc1ncnc2sc(C)c(C)c12. The summed E-state index contributed by atoms with van der Waals surface area (Å²) in [5.74, 6) is 2.39. The predicted octanol–water partition coefficient (Wildman–Crippen LogP) is 4.69. The van der Waals surface area contributed by atoms with E-state index in [-0.39, 0.29) is 0 Å². The molecule has 0 spiro atoms. The normalized spacial score (nSPS) is 14.2. The molecule has 1 aliphatic rings. The minimum atomic E-state index is 0.570. The van der Waals surface area contributed by atoms with Gasteiger partial charge in [-0.15, -0.1) is 11.3 Å². The van der Waals surface area contributed by atoms with Gasteiger partial charge in [0.25, 0.3) is 0 Å². The van der Waals surface area contributed by atoms with Gasteiger partial charge in [-0.25, -0.2) is 9.97 Å². The molecule has 0 aliphatic carbocycles. The van der Waals surface area contributed by atoms with Crippen LogP contribution in [0.3, 0.4) is 0 Å². The lowest BCUT2D eigenvalue weighted by atomic mass is 10.2. The first-order valence-electron chi connectivity index (χ1n) is 10.4. The van der Waals surface area contributed by atoms with Gasteiger partial charge in [0.15, 0.2) is 0 Å². The molecule has 1 aliphatic heterocycles. The molecule has 0 saturated carbocycles. The van der Waals surface area contributed by atoms with Crippen LogP contribution < -0.4 is 19.7 Å². The van der Waals surface area contributed by atoms with E-state index in [0.29, 0.717) is 26.4 Å². The maximum absolute atomic E-state index is 6.01. The number of morpholine rings is 1. The minimum absolute atomic E-state index is 0.570. The summed E-state index contributed by atoms with van der Waals surface area (Å²) in [6.07, 6.45) is 1.60. The molecule has 0 unspecified atom stereocenters. The van der Waals surface area contributed by atoms with Crippen molar-refractivity contribution in [2.75, 3.05) is 49.7 Å². The highest BCUT2D eigenvalue weighted by Gasteiger charge is 2.21. The standard InChI is InChI=1S/C22H28N4O3S/c1-5-28-18-12-17(26-7-9-27-10-8-26)19(29-6-2)11-16(18)25-21-20-14(3)15(4)30-22(20)24-13-23-21/h11-13H,5-10H2,1-4H3,(H,23,24,25). The molecular formula is C22H28N4O3S. The number of nitrogens with zero attached hydrogens (tertiary/aromatic N) is 3. The van der Waals surface area contributed by atoms with Gasteiger partial charge in [0.1, 0.15) is 28.5 Å². The zero-order valence-electron chi connectivity index (χ0n) is 17.9. The number of hydrogen-bond acceptors (Lipinski definition) is 8. The first kappa shape index (κ1) is 20.7. The van der Waals surface area contributed by atoms with E-state index in [1.54, 1.807) is 17.7 Å². The maximum atomic E-state index is 6.01. The molecule has 3 aromatic rings. The van der Waals surface area contributed by atoms with Crippen molar-refractivity contribution in [2.45, 2.75) is 27.7 Å². The highest BCUT2D eigenvalue weighted by molar-refractivity contribution is 7.18. The zero-order valence-corrected chi connectivity index (χ0v) is 18.8. The van der Waals surface area contributed by atoms with Crippen molar-refractivity contribution in [1.29, 1.82) is 0 Å². The zero-order chi connectivity index (χ0) is 21.1. The van der Waals surface area contributed by atoms with Crippen molar-refractivity contribution < 1.29 is 14.2 Å². The monoisotopic (exact) mass is 428 g/mol. The Bertz CT molecular complexity index is 1030. The summed E-state index contributed by atoms with van der Waals surface area (Å²) in [7, 11) is 0. The number of aryl methyl sites for hydroxylation is 2. The molecule has 0 atom stereocenters. The molecule has 3 heterocycles. The fourth-order valence-corrected chi connectivity index (χ4v) is 4.65. The molecule has 2 aromatic heterocycles. The lowest BCUT2D eigenvalue weighted by molar-refractivity contribution is 0.122. The molecule has 30 heavy (non-hydrogen) atoms. The topological polar surface area (TPSA) is 68.7 Å². The Morgan fingerprint density at radius 1 is 1.07 bits per heavy atom. The largest absolute Gasteiger partial charge is 0.492 e. The van der Waals surface area contributed by atoms with E-state index in [1.807, 2.05) is 19.9 Å². The smallest absolute Gasteiger partial charge is 0.145 e. The summed E-state index contributed by atoms with van der Waals surface area (Å²) in [6, 6.07) is 4.08. The number of benzene rings is 1. The lowest BCUT2D eigenvalue weighted by Crippen LogP contribution is -2.36. The van der Waals surface area contributed by atoms with Crippen LogP contribution >= 0.6 is 11.3 Å². The number of nitrogens with one attached hydrogen (secondary N) is 1. The summed E-state index contributed by atoms with van der Waals surface area (Å²) in [5.41, 5.74) is 3.07. The van der Waals surface area contributed by atoms with Crippen LogP contribution in [0.15, 0.2) is 18.5 Å². The second-order valence-corrected chi connectivity index (χ2v) is 8.30. The lowest BCUT2D eigenvalue weighted by Gasteiger charge is -2.31. The van der Waals surface area contributed by atoms with E-state index in [2.05, 4.69) is 40.1 Å². The minimum Gasteiger partial charge on any atom is -0.492 e. The van der Waals surface area contributed by atoms with Gasteiger partial charge >= 0.3 is 0 Å². The molecule has 8 heteroatoms. The summed E-state index contributed by atoms with van der Waals surface area (Å²) < 4.78 is 17.5. The molecule has 1 fully saturated rings. The number of thiophene rings is 1. The fourth-order valence-electron chi connectivity index (χ4n) is 3.65. The van der Waals surface area contributed by atoms with Gasteiger partial charge < -0.3 is 24.4 Å². The quantitative estimate of drug-likeness (QED) is 0.586. The molecule has 1 N–H and O–H groups in total. The number of fused-ring (bicyclic) bond motifs is 1. The molecule has 7 nitrogen and oxygen atoms in total. The van der Waals surface area contributed by atoms with Crippen LogP contribution in [-0.4, -0.2) is 49.5 Å². The molecule has 0 bridgehead atoms. The van der Waals surface area contributed by atoms with Gasteiger partial charge in [-0.1, -0.05) is 0 Å². The van der Waals surface area contributed by atoms with Gasteiger partial charge in [0.05, 0.1) is 43.2 Å². The Morgan fingerprint density at radius 3 is 2.53 bits per heavy atom. The van der Waals surface area contributed by atoms with Crippen molar-refractivity contribution in [2.24, 2.45) is 0 Å². The van der Waals surface area contributed by atoms with E-state index in [1.165, 1.54) is 10.4 Å². The Kier molecular flexibility index (Phi) is 6.24. The van der Waals surface area contributed by atoms with Crippen molar-refractivity contribution >= 4 is 38.7 Å². The van der Waals surface area contributed by atoms with Crippen LogP contribution in [0.1, 0.15) is 24.3 Å². The van der Waals surface area contributed by atoms with Gasteiger partial charge in [0, 0.05) is 30.1 Å². The molecule has 1 saturated heterocycles. The summed E-state index contributed by atoms with van der Waals surface area (Å²) >= 11 is 1.68. The Labute approximate surface area is 181 Å². The third kappa shape index (κ3) is 4.02. The van der Waals surface area contributed by atoms with E-state index in [4.69, 9.17) is 14.2 Å². The van der Waals surface area contributed by atoms with Crippen LogP contribution in [0.2, 0.25) is 0 Å². The van der Waals surface area contributed by atoms with Gasteiger partial charge in [-0.2, -0.15) is 0 Å². The average molecular weight is 429 g/mol. The van der Waals surface area contributed by atoms with Crippen molar-refractivity contribution in [3.8, 4) is 11.5 Å². The number of anilines is 3. The molecule has 1 aromatic carbocycles. The number of aromatic nitrogens is 2. The van der Waals surface area contributed by atoms with Gasteiger partial charge in [-0.05, 0) is 33.3 Å². The van der Waals surface area contributed by atoms with Gasteiger partial charge in [-0.3, -0.25) is 0 Å². The van der Waals surface area contributed by atoms with Crippen LogP contribution in [0, 0.1) is 13.8 Å². The first-order valence-corrected chi connectivity index (χ1v) is 11.2. The average Bonchev–Trinajstić information content (AvgIpc) is 3.05. The van der Waals surface area contributed by atoms with Crippen LogP contribution in [0.5, 0.6) is 11.5 Å². The van der Waals surface area contributed by atoms with E-state index in [9.17, 15) is 0 Å². The van der Waals surface area contributed by atoms with Crippen LogP contribution in [0.4, 0.5) is 17.2 Å². The third-order valence-electron chi connectivity index (χ3n) is 5.23. The third-order valence-corrected chi connectivity index (χ3v) is 6.35. The fraction of sp³-hybridized carbons (Fsp3) is 0.455. The summed E-state index contributed by atoms with van der Waals surface area (Å²) in [5, 5.41) is 4.54. The van der Waals surface area contributed by atoms with E-state index >= 15 is 0 Å².